The number of hydrogen-bond donors (Lipinski definition) is 1. The molecule has 1 N–H and O–H groups in total. The molecule has 2 heterocycles. The quantitative estimate of drug-likeness (QED) is 0.915. The molecule has 0 aliphatic carbocycles. The van der Waals surface area contributed by atoms with Crippen LogP contribution in [-0.2, 0) is 4.79 Å². The Hall–Kier alpha value is -2.73. The van der Waals surface area contributed by atoms with E-state index in [9.17, 15) is 4.79 Å². The molecular formula is C19H17N3O2S. The zero-order chi connectivity index (χ0) is 17.2. The molecule has 6 heteroatoms. The van der Waals surface area contributed by atoms with E-state index in [0.717, 1.165) is 22.6 Å². The van der Waals surface area contributed by atoms with E-state index < -0.39 is 0 Å². The average Bonchev–Trinajstić information content (AvgIpc) is 3.00. The SMILES string of the molecule is CCOc1ccc(C2=CN3C(=O)[C@@H](c4ccccc4)SC3=NN2)cc1. The molecule has 5 nitrogen and oxygen atoms in total. The van der Waals surface area contributed by atoms with Crippen molar-refractivity contribution in [2.45, 2.75) is 12.2 Å². The van der Waals surface area contributed by atoms with Crippen LogP contribution in [-0.4, -0.2) is 22.6 Å². The summed E-state index contributed by atoms with van der Waals surface area (Å²) in [6, 6.07) is 17.5. The van der Waals surface area contributed by atoms with Crippen LogP contribution >= 0.6 is 11.8 Å². The lowest BCUT2D eigenvalue weighted by molar-refractivity contribution is -0.124. The number of ether oxygens (including phenoxy) is 1. The van der Waals surface area contributed by atoms with E-state index in [1.54, 1.807) is 4.90 Å². The van der Waals surface area contributed by atoms with Gasteiger partial charge in [0.25, 0.3) is 5.91 Å². The fourth-order valence-corrected chi connectivity index (χ4v) is 3.85. The highest BCUT2D eigenvalue weighted by Gasteiger charge is 2.39. The van der Waals surface area contributed by atoms with Gasteiger partial charge in [-0.2, -0.15) is 0 Å². The van der Waals surface area contributed by atoms with Crippen molar-refractivity contribution >= 4 is 28.5 Å². The first-order valence-corrected chi connectivity index (χ1v) is 8.97. The van der Waals surface area contributed by atoms with Crippen molar-refractivity contribution in [3.63, 3.8) is 0 Å². The maximum Gasteiger partial charge on any atom is 0.250 e. The molecule has 0 aromatic heterocycles. The van der Waals surface area contributed by atoms with Crippen molar-refractivity contribution in [3.8, 4) is 5.75 Å². The zero-order valence-electron chi connectivity index (χ0n) is 13.7. The third kappa shape index (κ3) is 3.00. The maximum absolute atomic E-state index is 12.8. The first-order chi connectivity index (χ1) is 12.3. The van der Waals surface area contributed by atoms with Gasteiger partial charge in [0.1, 0.15) is 11.0 Å². The van der Waals surface area contributed by atoms with Crippen molar-refractivity contribution in [2.24, 2.45) is 5.10 Å². The number of thioether (sulfide) groups is 1. The first kappa shape index (κ1) is 15.8. The van der Waals surface area contributed by atoms with Gasteiger partial charge in [0, 0.05) is 11.8 Å². The summed E-state index contributed by atoms with van der Waals surface area (Å²) in [6.45, 7) is 2.59. The maximum atomic E-state index is 12.8. The number of fused-ring (bicyclic) bond motifs is 1. The molecule has 1 atom stereocenters. The van der Waals surface area contributed by atoms with Gasteiger partial charge in [0.15, 0.2) is 5.17 Å². The molecule has 1 amide bonds. The van der Waals surface area contributed by atoms with Gasteiger partial charge in [0.05, 0.1) is 12.3 Å². The molecule has 0 radical (unpaired) electrons. The van der Waals surface area contributed by atoms with Crippen LogP contribution in [0.1, 0.15) is 23.3 Å². The number of hydrazone groups is 1. The Morgan fingerprint density at radius 2 is 1.92 bits per heavy atom. The van der Waals surface area contributed by atoms with Gasteiger partial charge in [-0.1, -0.05) is 42.1 Å². The number of rotatable bonds is 4. The Balaban J connectivity index is 1.58. The molecule has 126 valence electrons. The fraction of sp³-hybridized carbons (Fsp3) is 0.158. The Bertz CT molecular complexity index is 847. The lowest BCUT2D eigenvalue weighted by Crippen LogP contribution is -2.30. The second kappa shape index (κ2) is 6.64. The van der Waals surface area contributed by atoms with Gasteiger partial charge in [-0.15, -0.1) is 5.10 Å². The summed E-state index contributed by atoms with van der Waals surface area (Å²) in [4.78, 5) is 14.4. The molecular weight excluding hydrogens is 334 g/mol. The molecule has 1 saturated heterocycles. The lowest BCUT2D eigenvalue weighted by Gasteiger charge is -2.19. The van der Waals surface area contributed by atoms with Crippen LogP contribution in [0.5, 0.6) is 5.75 Å². The van der Waals surface area contributed by atoms with Crippen LogP contribution in [0.4, 0.5) is 0 Å². The second-order valence-electron chi connectivity index (χ2n) is 5.62. The number of carbonyl (C=O) groups is 1. The van der Waals surface area contributed by atoms with Crippen LogP contribution in [0.2, 0.25) is 0 Å². The van der Waals surface area contributed by atoms with Gasteiger partial charge in [-0.3, -0.25) is 15.1 Å². The average molecular weight is 351 g/mol. The van der Waals surface area contributed by atoms with Crippen LogP contribution in [0.25, 0.3) is 5.70 Å². The van der Waals surface area contributed by atoms with E-state index in [-0.39, 0.29) is 11.2 Å². The van der Waals surface area contributed by atoms with Gasteiger partial charge in [-0.25, -0.2) is 0 Å². The van der Waals surface area contributed by atoms with Crippen LogP contribution in [0.15, 0.2) is 65.9 Å². The number of nitrogens with zero attached hydrogens (tertiary/aromatic N) is 2. The van der Waals surface area contributed by atoms with Crippen LogP contribution in [0, 0.1) is 0 Å². The van der Waals surface area contributed by atoms with Crippen molar-refractivity contribution in [3.05, 3.63) is 71.9 Å². The molecule has 2 aromatic carbocycles. The molecule has 2 aliphatic rings. The summed E-state index contributed by atoms with van der Waals surface area (Å²) in [6.07, 6.45) is 1.82. The second-order valence-corrected chi connectivity index (χ2v) is 6.70. The predicted molar refractivity (Wildman–Crippen MR) is 99.8 cm³/mol. The van der Waals surface area contributed by atoms with E-state index in [1.807, 2.05) is 67.7 Å². The monoisotopic (exact) mass is 351 g/mol. The van der Waals surface area contributed by atoms with Gasteiger partial charge in [0.2, 0.25) is 0 Å². The predicted octanol–water partition coefficient (Wildman–Crippen LogP) is 3.57. The van der Waals surface area contributed by atoms with Gasteiger partial charge >= 0.3 is 0 Å². The largest absolute Gasteiger partial charge is 0.494 e. The Labute approximate surface area is 150 Å². The first-order valence-electron chi connectivity index (χ1n) is 8.09. The van der Waals surface area contributed by atoms with Gasteiger partial charge in [-0.05, 0) is 36.8 Å². The number of benzene rings is 2. The fourth-order valence-electron chi connectivity index (χ4n) is 2.77. The minimum absolute atomic E-state index is 0.0277. The van der Waals surface area contributed by atoms with Crippen molar-refractivity contribution < 1.29 is 9.53 Å². The van der Waals surface area contributed by atoms with Crippen molar-refractivity contribution in [1.29, 1.82) is 0 Å². The van der Waals surface area contributed by atoms with E-state index in [4.69, 9.17) is 4.74 Å². The highest BCUT2D eigenvalue weighted by molar-refractivity contribution is 8.15. The topological polar surface area (TPSA) is 53.9 Å². The normalized spacial score (nSPS) is 19.0. The minimum atomic E-state index is -0.252. The Morgan fingerprint density at radius 1 is 1.16 bits per heavy atom. The van der Waals surface area contributed by atoms with Crippen LogP contribution < -0.4 is 10.2 Å². The number of carbonyl (C=O) groups excluding carboxylic acids is 1. The summed E-state index contributed by atoms with van der Waals surface area (Å²) < 4.78 is 5.46. The number of nitrogens with one attached hydrogen (secondary N) is 1. The van der Waals surface area contributed by atoms with E-state index in [2.05, 4.69) is 10.5 Å². The summed E-state index contributed by atoms with van der Waals surface area (Å²) in [5, 5.41) is 4.79. The van der Waals surface area contributed by atoms with Crippen molar-refractivity contribution in [1.82, 2.24) is 10.3 Å². The highest BCUT2D eigenvalue weighted by Crippen LogP contribution is 2.41. The minimum Gasteiger partial charge on any atom is -0.494 e. The smallest absolute Gasteiger partial charge is 0.250 e. The molecule has 0 bridgehead atoms. The summed E-state index contributed by atoms with van der Waals surface area (Å²) >= 11 is 1.46. The lowest BCUT2D eigenvalue weighted by atomic mass is 10.1. The number of amides is 1. The zero-order valence-corrected chi connectivity index (χ0v) is 14.5. The third-order valence-corrected chi connectivity index (χ3v) is 5.21. The number of hydrogen-bond acceptors (Lipinski definition) is 5. The standard InChI is InChI=1S/C19H17N3O2S/c1-2-24-15-10-8-13(9-11-15)16-12-22-18(23)17(25-19(22)21-20-16)14-6-4-3-5-7-14/h3-12,17,20H,2H2,1H3/t17-/m1/s1. The molecule has 25 heavy (non-hydrogen) atoms. The summed E-state index contributed by atoms with van der Waals surface area (Å²) in [5.41, 5.74) is 5.77. The van der Waals surface area contributed by atoms with Crippen LogP contribution in [0.3, 0.4) is 0 Å². The van der Waals surface area contributed by atoms with Gasteiger partial charge < -0.3 is 4.74 Å². The molecule has 1 fully saturated rings. The number of amidine groups is 1. The molecule has 2 aliphatic heterocycles. The van der Waals surface area contributed by atoms with E-state index >= 15 is 0 Å². The van der Waals surface area contributed by atoms with E-state index in [1.165, 1.54) is 11.8 Å². The van der Waals surface area contributed by atoms with Crippen molar-refractivity contribution in [2.75, 3.05) is 6.61 Å². The summed E-state index contributed by atoms with van der Waals surface area (Å²) in [5.74, 6) is 0.851. The molecule has 0 saturated carbocycles. The molecule has 4 rings (SSSR count). The Morgan fingerprint density at radius 3 is 2.64 bits per heavy atom. The molecule has 0 unspecified atom stereocenters. The molecule has 2 aromatic rings. The Kier molecular flexibility index (Phi) is 4.19. The summed E-state index contributed by atoms with van der Waals surface area (Å²) in [7, 11) is 0. The van der Waals surface area contributed by atoms with E-state index in [0.29, 0.717) is 11.8 Å². The highest BCUT2D eigenvalue weighted by atomic mass is 32.2. The molecule has 0 spiro atoms. The third-order valence-electron chi connectivity index (χ3n) is 4.00.